The normalized spacial score (nSPS) is 10.3. The summed E-state index contributed by atoms with van der Waals surface area (Å²) < 4.78 is 13.7. The van der Waals surface area contributed by atoms with E-state index >= 15 is 0 Å². The van der Waals surface area contributed by atoms with Crippen molar-refractivity contribution >= 4 is 11.4 Å². The average Bonchev–Trinajstić information content (AvgIpc) is 2.40. The number of phenols is 1. The Balaban J connectivity index is 2.15. The summed E-state index contributed by atoms with van der Waals surface area (Å²) in [5.41, 5.74) is 1.45. The smallest absolute Gasteiger partial charge is 0.272 e. The van der Waals surface area contributed by atoms with Crippen LogP contribution in [0.3, 0.4) is 0 Å². The molecule has 0 aliphatic heterocycles. The van der Waals surface area contributed by atoms with Crippen LogP contribution in [0.15, 0.2) is 36.4 Å². The molecule has 2 aromatic rings. The summed E-state index contributed by atoms with van der Waals surface area (Å²) >= 11 is 0. The fourth-order valence-corrected chi connectivity index (χ4v) is 1.81. The predicted octanol–water partition coefficient (Wildman–Crippen LogP) is 3.36. The Morgan fingerprint density at radius 3 is 2.70 bits per heavy atom. The van der Waals surface area contributed by atoms with E-state index in [0.717, 1.165) is 11.6 Å². The lowest BCUT2D eigenvalue weighted by Gasteiger charge is -2.09. The number of aromatic hydroxyl groups is 1. The molecule has 0 atom stereocenters. The molecule has 0 aromatic heterocycles. The van der Waals surface area contributed by atoms with Crippen LogP contribution in [-0.4, -0.2) is 10.0 Å². The molecule has 2 aromatic carbocycles. The van der Waals surface area contributed by atoms with Gasteiger partial charge in [0.2, 0.25) is 0 Å². The molecule has 6 heteroatoms. The Kier molecular flexibility index (Phi) is 3.84. The summed E-state index contributed by atoms with van der Waals surface area (Å²) in [7, 11) is 0. The Labute approximate surface area is 114 Å². The summed E-state index contributed by atoms with van der Waals surface area (Å²) in [6, 6.07) is 8.51. The zero-order chi connectivity index (χ0) is 14.7. The second kappa shape index (κ2) is 5.56. The zero-order valence-electron chi connectivity index (χ0n) is 10.8. The first-order chi connectivity index (χ1) is 9.47. The van der Waals surface area contributed by atoms with Gasteiger partial charge < -0.3 is 10.4 Å². The van der Waals surface area contributed by atoms with Gasteiger partial charge in [0.15, 0.2) is 5.82 Å². The summed E-state index contributed by atoms with van der Waals surface area (Å²) in [5, 5.41) is 23.0. The molecule has 20 heavy (non-hydrogen) atoms. The molecular weight excluding hydrogens is 263 g/mol. The van der Waals surface area contributed by atoms with Crippen LogP contribution in [0.25, 0.3) is 0 Å². The SMILES string of the molecule is Cc1ccc(O)c(CNc2ccc([N+](=O)[O-])cc2F)c1. The van der Waals surface area contributed by atoms with E-state index < -0.39 is 10.7 Å². The van der Waals surface area contributed by atoms with Gasteiger partial charge in [-0.25, -0.2) is 4.39 Å². The van der Waals surface area contributed by atoms with Crippen molar-refractivity contribution in [3.05, 3.63) is 63.5 Å². The van der Waals surface area contributed by atoms with Gasteiger partial charge in [-0.2, -0.15) is 0 Å². The Morgan fingerprint density at radius 2 is 2.05 bits per heavy atom. The number of hydrogen-bond donors (Lipinski definition) is 2. The first-order valence-electron chi connectivity index (χ1n) is 5.93. The van der Waals surface area contributed by atoms with Crippen LogP contribution in [0.1, 0.15) is 11.1 Å². The number of phenolic OH excluding ortho intramolecular Hbond substituents is 1. The van der Waals surface area contributed by atoms with E-state index in [-0.39, 0.29) is 23.7 Å². The maximum atomic E-state index is 13.7. The van der Waals surface area contributed by atoms with Crippen molar-refractivity contribution in [1.82, 2.24) is 0 Å². The zero-order valence-corrected chi connectivity index (χ0v) is 10.8. The largest absolute Gasteiger partial charge is 0.508 e. The molecule has 0 bridgehead atoms. The van der Waals surface area contributed by atoms with E-state index in [2.05, 4.69) is 5.32 Å². The van der Waals surface area contributed by atoms with Gasteiger partial charge in [-0.15, -0.1) is 0 Å². The summed E-state index contributed by atoms with van der Waals surface area (Å²) in [5.74, 6) is -0.586. The molecule has 0 amide bonds. The fraction of sp³-hybridized carbons (Fsp3) is 0.143. The molecule has 0 radical (unpaired) electrons. The second-order valence-electron chi connectivity index (χ2n) is 4.41. The third-order valence-corrected chi connectivity index (χ3v) is 2.87. The highest BCUT2D eigenvalue weighted by atomic mass is 19.1. The van der Waals surface area contributed by atoms with Gasteiger partial charge in [-0.1, -0.05) is 17.7 Å². The van der Waals surface area contributed by atoms with Gasteiger partial charge in [0, 0.05) is 18.2 Å². The van der Waals surface area contributed by atoms with Crippen LogP contribution in [-0.2, 0) is 6.54 Å². The number of nitro groups is 1. The number of nitro benzene ring substituents is 1. The lowest BCUT2D eigenvalue weighted by molar-refractivity contribution is -0.385. The van der Waals surface area contributed by atoms with Crippen LogP contribution in [0.5, 0.6) is 5.75 Å². The van der Waals surface area contributed by atoms with Crippen molar-refractivity contribution in [2.45, 2.75) is 13.5 Å². The number of nitrogens with zero attached hydrogens (tertiary/aromatic N) is 1. The molecule has 5 nitrogen and oxygen atoms in total. The average molecular weight is 276 g/mol. The minimum atomic E-state index is -0.702. The van der Waals surface area contributed by atoms with Gasteiger partial charge in [-0.3, -0.25) is 10.1 Å². The minimum absolute atomic E-state index is 0.116. The molecule has 0 heterocycles. The van der Waals surface area contributed by atoms with Crippen molar-refractivity contribution in [1.29, 1.82) is 0 Å². The molecule has 2 N–H and O–H groups in total. The highest BCUT2D eigenvalue weighted by Gasteiger charge is 2.11. The quantitative estimate of drug-likeness (QED) is 0.663. The predicted molar refractivity (Wildman–Crippen MR) is 73.2 cm³/mol. The summed E-state index contributed by atoms with van der Waals surface area (Å²) in [6.07, 6.45) is 0. The number of aryl methyl sites for hydroxylation is 1. The summed E-state index contributed by atoms with van der Waals surface area (Å²) in [6.45, 7) is 2.11. The number of benzene rings is 2. The maximum absolute atomic E-state index is 13.7. The van der Waals surface area contributed by atoms with Crippen LogP contribution < -0.4 is 5.32 Å². The van der Waals surface area contributed by atoms with Crippen LogP contribution in [0, 0.1) is 22.9 Å². The molecule has 0 aliphatic carbocycles. The van der Waals surface area contributed by atoms with E-state index in [1.807, 2.05) is 6.92 Å². The van der Waals surface area contributed by atoms with Gasteiger partial charge in [0.1, 0.15) is 5.75 Å². The lowest BCUT2D eigenvalue weighted by atomic mass is 10.1. The molecule has 0 saturated carbocycles. The van der Waals surface area contributed by atoms with Crippen molar-refractivity contribution < 1.29 is 14.4 Å². The molecule has 104 valence electrons. The van der Waals surface area contributed by atoms with E-state index in [1.165, 1.54) is 12.1 Å². The standard InChI is InChI=1S/C14H13FN2O3/c1-9-2-5-14(18)10(6-9)8-16-13-4-3-11(17(19)20)7-12(13)15/h2-7,16,18H,8H2,1H3. The van der Waals surface area contributed by atoms with Gasteiger partial charge in [0.05, 0.1) is 16.7 Å². The molecule has 0 saturated heterocycles. The second-order valence-corrected chi connectivity index (χ2v) is 4.41. The molecule has 0 aliphatic rings. The number of non-ortho nitro benzene ring substituents is 1. The van der Waals surface area contributed by atoms with Crippen molar-refractivity contribution in [3.8, 4) is 5.75 Å². The number of rotatable bonds is 4. The third kappa shape index (κ3) is 3.03. The van der Waals surface area contributed by atoms with Gasteiger partial charge in [-0.05, 0) is 19.1 Å². The minimum Gasteiger partial charge on any atom is -0.508 e. The lowest BCUT2D eigenvalue weighted by Crippen LogP contribution is -2.02. The third-order valence-electron chi connectivity index (χ3n) is 2.87. The number of halogens is 1. The van der Waals surface area contributed by atoms with Crippen LogP contribution >= 0.6 is 0 Å². The Morgan fingerprint density at radius 1 is 1.30 bits per heavy atom. The molecule has 2 rings (SSSR count). The number of nitrogens with one attached hydrogen (secondary N) is 1. The maximum Gasteiger partial charge on any atom is 0.272 e. The number of hydrogen-bond acceptors (Lipinski definition) is 4. The Hall–Kier alpha value is -2.63. The fourth-order valence-electron chi connectivity index (χ4n) is 1.81. The highest BCUT2D eigenvalue weighted by Crippen LogP contribution is 2.23. The first kappa shape index (κ1) is 13.8. The first-order valence-corrected chi connectivity index (χ1v) is 5.93. The number of anilines is 1. The van der Waals surface area contributed by atoms with E-state index in [0.29, 0.717) is 5.56 Å². The van der Waals surface area contributed by atoms with E-state index in [4.69, 9.17) is 0 Å². The van der Waals surface area contributed by atoms with Crippen LogP contribution in [0.2, 0.25) is 0 Å². The van der Waals surface area contributed by atoms with E-state index in [9.17, 15) is 19.6 Å². The topological polar surface area (TPSA) is 75.4 Å². The summed E-state index contributed by atoms with van der Waals surface area (Å²) in [4.78, 5) is 9.86. The molecule has 0 unspecified atom stereocenters. The van der Waals surface area contributed by atoms with Crippen molar-refractivity contribution in [3.63, 3.8) is 0 Å². The molecular formula is C14H13FN2O3. The molecule has 0 spiro atoms. The van der Waals surface area contributed by atoms with Gasteiger partial charge in [0.25, 0.3) is 5.69 Å². The van der Waals surface area contributed by atoms with Crippen molar-refractivity contribution in [2.75, 3.05) is 5.32 Å². The monoisotopic (exact) mass is 276 g/mol. The van der Waals surface area contributed by atoms with Crippen LogP contribution in [0.4, 0.5) is 15.8 Å². The van der Waals surface area contributed by atoms with Crippen molar-refractivity contribution in [2.24, 2.45) is 0 Å². The van der Waals surface area contributed by atoms with Gasteiger partial charge >= 0.3 is 0 Å². The Bertz CT molecular complexity index is 659. The highest BCUT2D eigenvalue weighted by molar-refractivity contribution is 5.51. The molecule has 0 fully saturated rings. The van der Waals surface area contributed by atoms with E-state index in [1.54, 1.807) is 18.2 Å².